The van der Waals surface area contributed by atoms with Gasteiger partial charge >= 0.3 is 0 Å². The van der Waals surface area contributed by atoms with Crippen molar-refractivity contribution >= 4 is 23.6 Å². The summed E-state index contributed by atoms with van der Waals surface area (Å²) in [5.74, 6) is 1.63. The van der Waals surface area contributed by atoms with Gasteiger partial charge in [-0.15, -0.1) is 0 Å². The average Bonchev–Trinajstić information content (AvgIpc) is 2.68. The van der Waals surface area contributed by atoms with Gasteiger partial charge in [0.15, 0.2) is 0 Å². The molecule has 5 heteroatoms. The van der Waals surface area contributed by atoms with Gasteiger partial charge in [0.2, 0.25) is 5.91 Å². The topological polar surface area (TPSA) is 38.8 Å². The van der Waals surface area contributed by atoms with E-state index in [0.29, 0.717) is 24.8 Å². The molecule has 0 fully saturated rings. The Morgan fingerprint density at radius 1 is 1.00 bits per heavy atom. The Labute approximate surface area is 166 Å². The van der Waals surface area contributed by atoms with Crippen molar-refractivity contribution < 1.29 is 14.3 Å². The van der Waals surface area contributed by atoms with Crippen LogP contribution in [0.15, 0.2) is 54.6 Å². The molecular formula is C22H26ClNO3. The number of likely N-dealkylation sites (N-methyl/N-ethyl adjacent to an activating group) is 1. The largest absolute Gasteiger partial charge is 0.494 e. The lowest BCUT2D eigenvalue weighted by molar-refractivity contribution is -0.124. The summed E-state index contributed by atoms with van der Waals surface area (Å²) >= 11 is 5.84. The van der Waals surface area contributed by atoms with Crippen molar-refractivity contribution in [3.63, 3.8) is 0 Å². The van der Waals surface area contributed by atoms with Gasteiger partial charge in [-0.1, -0.05) is 23.7 Å². The molecule has 2 rings (SSSR count). The van der Waals surface area contributed by atoms with Crippen LogP contribution in [0.2, 0.25) is 5.02 Å². The van der Waals surface area contributed by atoms with Gasteiger partial charge in [0, 0.05) is 24.7 Å². The lowest BCUT2D eigenvalue weighted by Crippen LogP contribution is -2.26. The van der Waals surface area contributed by atoms with Gasteiger partial charge in [0.05, 0.1) is 13.2 Å². The number of rotatable bonds is 10. The Hall–Kier alpha value is -2.46. The van der Waals surface area contributed by atoms with Crippen LogP contribution in [0, 0.1) is 0 Å². The Morgan fingerprint density at radius 2 is 1.63 bits per heavy atom. The van der Waals surface area contributed by atoms with E-state index in [9.17, 15) is 4.79 Å². The lowest BCUT2D eigenvalue weighted by atomic mass is 10.2. The van der Waals surface area contributed by atoms with E-state index in [2.05, 4.69) is 0 Å². The Balaban J connectivity index is 1.66. The number of carbonyl (C=O) groups is 1. The molecule has 0 radical (unpaired) electrons. The third-order valence-electron chi connectivity index (χ3n) is 3.96. The second-order valence-corrected chi connectivity index (χ2v) is 6.54. The maximum atomic E-state index is 12.2. The number of nitrogens with zero attached hydrogens (tertiary/aromatic N) is 1. The van der Waals surface area contributed by atoms with Crippen LogP contribution in [0.1, 0.15) is 25.3 Å². The second kappa shape index (κ2) is 11.3. The van der Waals surface area contributed by atoms with Crippen LogP contribution < -0.4 is 9.47 Å². The summed E-state index contributed by atoms with van der Waals surface area (Å²) < 4.78 is 11.1. The van der Waals surface area contributed by atoms with Gasteiger partial charge in [-0.05, 0) is 67.8 Å². The molecule has 4 nitrogen and oxygen atoms in total. The van der Waals surface area contributed by atoms with Gasteiger partial charge in [0.25, 0.3) is 0 Å². The van der Waals surface area contributed by atoms with Crippen molar-refractivity contribution in [2.45, 2.75) is 19.8 Å². The number of hydrogen-bond donors (Lipinski definition) is 0. The fourth-order valence-corrected chi connectivity index (χ4v) is 2.54. The highest BCUT2D eigenvalue weighted by atomic mass is 35.5. The van der Waals surface area contributed by atoms with Gasteiger partial charge in [-0.2, -0.15) is 0 Å². The van der Waals surface area contributed by atoms with Gasteiger partial charge in [-0.25, -0.2) is 0 Å². The molecule has 27 heavy (non-hydrogen) atoms. The minimum absolute atomic E-state index is 0.0116. The van der Waals surface area contributed by atoms with Crippen LogP contribution in [0.3, 0.4) is 0 Å². The molecule has 0 saturated carbocycles. The molecule has 0 unspecified atom stereocenters. The molecule has 0 atom stereocenters. The molecule has 1 amide bonds. The van der Waals surface area contributed by atoms with Crippen molar-refractivity contribution in [1.82, 2.24) is 4.90 Å². The molecule has 0 aliphatic rings. The van der Waals surface area contributed by atoms with E-state index in [1.165, 1.54) is 0 Å². The summed E-state index contributed by atoms with van der Waals surface area (Å²) in [6, 6.07) is 15.0. The summed E-state index contributed by atoms with van der Waals surface area (Å²) in [5.41, 5.74) is 0.969. The molecule has 144 valence electrons. The first-order chi connectivity index (χ1) is 13.1. The van der Waals surface area contributed by atoms with Crippen molar-refractivity contribution in [1.29, 1.82) is 0 Å². The molecule has 0 aliphatic heterocycles. The fraction of sp³-hybridized carbons (Fsp3) is 0.318. The number of carbonyl (C=O) groups excluding carboxylic acids is 1. The van der Waals surface area contributed by atoms with E-state index < -0.39 is 0 Å². The van der Waals surface area contributed by atoms with E-state index in [1.807, 2.05) is 56.4 Å². The van der Waals surface area contributed by atoms with Crippen molar-refractivity contribution in [3.8, 4) is 11.5 Å². The Bertz CT molecular complexity index is 726. The van der Waals surface area contributed by atoms with Crippen molar-refractivity contribution in [2.75, 3.05) is 26.8 Å². The molecule has 0 heterocycles. The molecule has 0 bridgehead atoms. The van der Waals surface area contributed by atoms with Crippen LogP contribution in [0.4, 0.5) is 0 Å². The van der Waals surface area contributed by atoms with Crippen LogP contribution in [0.5, 0.6) is 11.5 Å². The first kappa shape index (κ1) is 20.8. The summed E-state index contributed by atoms with van der Waals surface area (Å²) in [6.45, 7) is 3.90. The number of ether oxygens (including phenoxy) is 2. The number of unbranched alkanes of at least 4 members (excludes halogenated alkanes) is 1. The molecule has 2 aromatic carbocycles. The van der Waals surface area contributed by atoms with Gasteiger partial charge in [-0.3, -0.25) is 4.79 Å². The molecule has 0 N–H and O–H groups in total. The molecule has 0 saturated heterocycles. The van der Waals surface area contributed by atoms with Gasteiger partial charge in [0.1, 0.15) is 11.5 Å². The third-order valence-corrected chi connectivity index (χ3v) is 4.21. The van der Waals surface area contributed by atoms with Crippen LogP contribution >= 0.6 is 11.6 Å². The minimum Gasteiger partial charge on any atom is -0.494 e. The van der Waals surface area contributed by atoms with E-state index in [0.717, 1.165) is 29.9 Å². The summed E-state index contributed by atoms with van der Waals surface area (Å²) in [7, 11) is 1.81. The summed E-state index contributed by atoms with van der Waals surface area (Å²) in [4.78, 5) is 13.9. The maximum absolute atomic E-state index is 12.2. The van der Waals surface area contributed by atoms with Crippen LogP contribution in [-0.4, -0.2) is 37.6 Å². The van der Waals surface area contributed by atoms with Gasteiger partial charge < -0.3 is 14.4 Å². The first-order valence-corrected chi connectivity index (χ1v) is 9.50. The van der Waals surface area contributed by atoms with E-state index in [4.69, 9.17) is 21.1 Å². The molecule has 0 aromatic heterocycles. The lowest BCUT2D eigenvalue weighted by Gasteiger charge is -2.15. The molecular weight excluding hydrogens is 362 g/mol. The van der Waals surface area contributed by atoms with E-state index >= 15 is 0 Å². The minimum atomic E-state index is -0.0116. The normalized spacial score (nSPS) is 10.8. The number of halogens is 1. The zero-order valence-electron chi connectivity index (χ0n) is 15.9. The van der Waals surface area contributed by atoms with E-state index in [-0.39, 0.29) is 5.91 Å². The monoisotopic (exact) mass is 387 g/mol. The third kappa shape index (κ3) is 7.75. The number of benzene rings is 2. The van der Waals surface area contributed by atoms with Crippen LogP contribution in [0.25, 0.3) is 6.08 Å². The number of amides is 1. The highest BCUT2D eigenvalue weighted by molar-refractivity contribution is 6.30. The van der Waals surface area contributed by atoms with Crippen molar-refractivity contribution in [3.05, 3.63) is 65.2 Å². The number of hydrogen-bond acceptors (Lipinski definition) is 3. The smallest absolute Gasteiger partial charge is 0.246 e. The molecule has 0 aliphatic carbocycles. The Morgan fingerprint density at radius 3 is 2.30 bits per heavy atom. The highest BCUT2D eigenvalue weighted by Crippen LogP contribution is 2.16. The first-order valence-electron chi connectivity index (χ1n) is 9.13. The SMILES string of the molecule is CCOc1ccc(/C=C/C(=O)N(C)CCCCOc2ccc(Cl)cc2)cc1. The fourth-order valence-electron chi connectivity index (χ4n) is 2.42. The summed E-state index contributed by atoms with van der Waals surface area (Å²) in [6.07, 6.45) is 5.17. The maximum Gasteiger partial charge on any atom is 0.246 e. The predicted octanol–water partition coefficient (Wildman–Crippen LogP) is 5.07. The highest BCUT2D eigenvalue weighted by Gasteiger charge is 2.04. The second-order valence-electron chi connectivity index (χ2n) is 6.10. The molecule has 2 aromatic rings. The zero-order chi connectivity index (χ0) is 19.5. The predicted molar refractivity (Wildman–Crippen MR) is 110 cm³/mol. The van der Waals surface area contributed by atoms with E-state index in [1.54, 1.807) is 23.1 Å². The zero-order valence-corrected chi connectivity index (χ0v) is 16.6. The van der Waals surface area contributed by atoms with Crippen molar-refractivity contribution in [2.24, 2.45) is 0 Å². The molecule has 0 spiro atoms. The standard InChI is InChI=1S/C22H26ClNO3/c1-3-26-20-11-6-18(7-12-20)8-15-22(25)24(2)16-4-5-17-27-21-13-9-19(23)10-14-21/h6-15H,3-5,16-17H2,1-2H3/b15-8+. The average molecular weight is 388 g/mol. The van der Waals surface area contributed by atoms with Crippen LogP contribution in [-0.2, 0) is 4.79 Å². The Kier molecular flexibility index (Phi) is 8.72. The summed E-state index contributed by atoms with van der Waals surface area (Å²) in [5, 5.41) is 0.695. The quantitative estimate of drug-likeness (QED) is 0.422.